The van der Waals surface area contributed by atoms with Crippen molar-refractivity contribution in [2.45, 2.75) is 13.3 Å². The molecular weight excluding hydrogens is 368 g/mol. The molecule has 0 fully saturated rings. The van der Waals surface area contributed by atoms with Crippen LogP contribution in [-0.4, -0.2) is 34.2 Å². The molecule has 0 spiro atoms. The number of aromatic nitrogens is 3. The number of aryl methyl sites for hydroxylation is 1. The van der Waals surface area contributed by atoms with Gasteiger partial charge < -0.3 is 14.2 Å². The van der Waals surface area contributed by atoms with Crippen LogP contribution in [0.4, 0.5) is 5.69 Å². The van der Waals surface area contributed by atoms with E-state index >= 15 is 0 Å². The van der Waals surface area contributed by atoms with E-state index in [2.05, 4.69) is 15.1 Å². The first kappa shape index (κ1) is 17.4. The molecule has 0 unspecified atom stereocenters. The minimum Gasteiger partial charge on any atom is -0.467 e. The number of carbonyl (C=O) groups excluding carboxylic acids is 1. The van der Waals surface area contributed by atoms with Crippen molar-refractivity contribution in [1.82, 2.24) is 15.1 Å². The summed E-state index contributed by atoms with van der Waals surface area (Å²) in [5.74, 6) is 0.674. The molecular formula is C22H18N4O3. The van der Waals surface area contributed by atoms with Gasteiger partial charge in [-0.1, -0.05) is 53.7 Å². The van der Waals surface area contributed by atoms with Crippen molar-refractivity contribution in [2.75, 3.05) is 18.1 Å². The summed E-state index contributed by atoms with van der Waals surface area (Å²) < 4.78 is 11.3. The smallest absolute Gasteiger partial charge is 0.265 e. The predicted octanol–water partition coefficient (Wildman–Crippen LogP) is 3.56. The zero-order valence-corrected chi connectivity index (χ0v) is 15.8. The van der Waals surface area contributed by atoms with Crippen molar-refractivity contribution in [2.24, 2.45) is 0 Å². The first-order valence-corrected chi connectivity index (χ1v) is 9.41. The van der Waals surface area contributed by atoms with Crippen LogP contribution in [0.25, 0.3) is 22.4 Å². The summed E-state index contributed by atoms with van der Waals surface area (Å²) in [4.78, 5) is 23.3. The van der Waals surface area contributed by atoms with Crippen molar-refractivity contribution >= 4 is 22.7 Å². The Bertz CT molecular complexity index is 1200. The standard InChI is InChI=1S/C22H18N4O3/c1-14-23-21(19-20(25-29-22(19)24-14)16-8-3-2-4-9-16)28-13-18(27)26-12-11-15-7-5-6-10-17(15)26/h2-10H,11-13H2,1H3. The molecule has 0 bridgehead atoms. The van der Waals surface area contributed by atoms with E-state index < -0.39 is 0 Å². The Morgan fingerprint density at radius 3 is 2.76 bits per heavy atom. The number of anilines is 1. The molecule has 5 rings (SSSR count). The fourth-order valence-electron chi connectivity index (χ4n) is 3.63. The third-order valence-electron chi connectivity index (χ3n) is 4.98. The number of amides is 1. The van der Waals surface area contributed by atoms with Gasteiger partial charge in [-0.2, -0.15) is 9.97 Å². The minimum absolute atomic E-state index is 0.114. The number of rotatable bonds is 4. The van der Waals surface area contributed by atoms with Gasteiger partial charge >= 0.3 is 0 Å². The first-order valence-electron chi connectivity index (χ1n) is 9.41. The Morgan fingerprint density at radius 1 is 1.10 bits per heavy atom. The quantitative estimate of drug-likeness (QED) is 0.533. The molecule has 0 saturated carbocycles. The highest BCUT2D eigenvalue weighted by atomic mass is 16.5. The largest absolute Gasteiger partial charge is 0.467 e. The lowest BCUT2D eigenvalue weighted by molar-refractivity contribution is -0.120. The molecule has 1 aliphatic heterocycles. The number of nitrogens with zero attached hydrogens (tertiary/aromatic N) is 4. The van der Waals surface area contributed by atoms with Crippen LogP contribution in [0.1, 0.15) is 11.4 Å². The highest BCUT2D eigenvalue weighted by molar-refractivity contribution is 5.97. The van der Waals surface area contributed by atoms with Crippen LogP contribution in [-0.2, 0) is 11.2 Å². The van der Waals surface area contributed by atoms with Crippen molar-refractivity contribution < 1.29 is 14.1 Å². The van der Waals surface area contributed by atoms with Crippen molar-refractivity contribution in [1.29, 1.82) is 0 Å². The highest BCUT2D eigenvalue weighted by Crippen LogP contribution is 2.33. The van der Waals surface area contributed by atoms with Crippen LogP contribution < -0.4 is 9.64 Å². The number of fused-ring (bicyclic) bond motifs is 2. The van der Waals surface area contributed by atoms with E-state index in [1.165, 1.54) is 5.56 Å². The van der Waals surface area contributed by atoms with Crippen LogP contribution in [0, 0.1) is 6.92 Å². The fourth-order valence-corrected chi connectivity index (χ4v) is 3.63. The summed E-state index contributed by atoms with van der Waals surface area (Å²) >= 11 is 0. The Kier molecular flexibility index (Phi) is 4.20. The van der Waals surface area contributed by atoms with Gasteiger partial charge in [0, 0.05) is 17.8 Å². The lowest BCUT2D eigenvalue weighted by Gasteiger charge is -2.17. The van der Waals surface area contributed by atoms with Gasteiger partial charge in [0.1, 0.15) is 16.9 Å². The lowest BCUT2D eigenvalue weighted by Crippen LogP contribution is -2.33. The van der Waals surface area contributed by atoms with E-state index in [0.29, 0.717) is 35.0 Å². The van der Waals surface area contributed by atoms with Crippen LogP contribution >= 0.6 is 0 Å². The highest BCUT2D eigenvalue weighted by Gasteiger charge is 2.25. The molecule has 0 atom stereocenters. The molecule has 0 saturated heterocycles. The summed E-state index contributed by atoms with van der Waals surface area (Å²) in [5.41, 5.74) is 3.91. The molecule has 7 heteroatoms. The summed E-state index contributed by atoms with van der Waals surface area (Å²) in [5, 5.41) is 4.71. The zero-order chi connectivity index (χ0) is 19.8. The number of ether oxygens (including phenoxy) is 1. The number of carbonyl (C=O) groups is 1. The van der Waals surface area contributed by atoms with Gasteiger partial charge in [0.05, 0.1) is 0 Å². The van der Waals surface area contributed by atoms with Gasteiger partial charge in [0.25, 0.3) is 11.6 Å². The molecule has 3 heterocycles. The van der Waals surface area contributed by atoms with E-state index in [-0.39, 0.29) is 12.5 Å². The normalized spacial score (nSPS) is 12.9. The van der Waals surface area contributed by atoms with Crippen molar-refractivity contribution in [3.63, 3.8) is 0 Å². The molecule has 1 aliphatic rings. The third-order valence-corrected chi connectivity index (χ3v) is 4.98. The second-order valence-corrected chi connectivity index (χ2v) is 6.87. The van der Waals surface area contributed by atoms with Gasteiger partial charge in [-0.25, -0.2) is 0 Å². The molecule has 2 aromatic carbocycles. The molecule has 2 aromatic heterocycles. The van der Waals surface area contributed by atoms with Crippen molar-refractivity contribution in [3.8, 4) is 17.1 Å². The monoisotopic (exact) mass is 386 g/mol. The molecule has 4 aromatic rings. The number of para-hydroxylation sites is 1. The van der Waals surface area contributed by atoms with Crippen LogP contribution in [0.5, 0.6) is 5.88 Å². The van der Waals surface area contributed by atoms with Crippen molar-refractivity contribution in [3.05, 3.63) is 66.0 Å². The molecule has 144 valence electrons. The summed E-state index contributed by atoms with van der Waals surface area (Å²) in [7, 11) is 0. The maximum atomic E-state index is 12.8. The SMILES string of the molecule is Cc1nc(OCC(=O)N2CCc3ccccc32)c2c(-c3ccccc3)noc2n1. The van der Waals surface area contributed by atoms with Crippen LogP contribution in [0.15, 0.2) is 59.1 Å². The first-order chi connectivity index (χ1) is 14.2. The second kappa shape index (κ2) is 7.01. The molecule has 1 amide bonds. The third kappa shape index (κ3) is 3.10. The number of hydrogen-bond donors (Lipinski definition) is 0. The number of hydrogen-bond acceptors (Lipinski definition) is 6. The lowest BCUT2D eigenvalue weighted by atomic mass is 10.1. The van der Waals surface area contributed by atoms with E-state index in [4.69, 9.17) is 9.26 Å². The Morgan fingerprint density at radius 2 is 1.90 bits per heavy atom. The predicted molar refractivity (Wildman–Crippen MR) is 108 cm³/mol. The van der Waals surface area contributed by atoms with Gasteiger partial charge in [-0.05, 0) is 25.0 Å². The molecule has 0 N–H and O–H groups in total. The van der Waals surface area contributed by atoms with E-state index in [1.807, 2.05) is 54.6 Å². The maximum absolute atomic E-state index is 12.8. The Balaban J connectivity index is 1.45. The average Bonchev–Trinajstić information content (AvgIpc) is 3.37. The fraction of sp³-hybridized carbons (Fsp3) is 0.182. The van der Waals surface area contributed by atoms with E-state index in [1.54, 1.807) is 11.8 Å². The molecule has 7 nitrogen and oxygen atoms in total. The zero-order valence-electron chi connectivity index (χ0n) is 15.8. The van der Waals surface area contributed by atoms with Crippen LogP contribution in [0.3, 0.4) is 0 Å². The van der Waals surface area contributed by atoms with E-state index in [0.717, 1.165) is 17.7 Å². The van der Waals surface area contributed by atoms with Crippen LogP contribution in [0.2, 0.25) is 0 Å². The van der Waals surface area contributed by atoms with Gasteiger partial charge in [0.2, 0.25) is 5.88 Å². The molecule has 0 aliphatic carbocycles. The average molecular weight is 386 g/mol. The summed E-state index contributed by atoms with van der Waals surface area (Å²) in [6, 6.07) is 17.5. The van der Waals surface area contributed by atoms with Gasteiger partial charge in [-0.3, -0.25) is 4.79 Å². The van der Waals surface area contributed by atoms with Gasteiger partial charge in [-0.15, -0.1) is 0 Å². The molecule has 29 heavy (non-hydrogen) atoms. The van der Waals surface area contributed by atoms with E-state index in [9.17, 15) is 4.79 Å². The maximum Gasteiger partial charge on any atom is 0.265 e. The Labute approximate surface area is 166 Å². The minimum atomic E-state index is -0.126. The molecule has 0 radical (unpaired) electrons. The van der Waals surface area contributed by atoms with Gasteiger partial charge in [0.15, 0.2) is 6.61 Å². The summed E-state index contributed by atoms with van der Waals surface area (Å²) in [6.45, 7) is 2.27. The second-order valence-electron chi connectivity index (χ2n) is 6.87. The Hall–Kier alpha value is -3.74. The summed E-state index contributed by atoms with van der Waals surface area (Å²) in [6.07, 6.45) is 0.850. The number of benzene rings is 2. The topological polar surface area (TPSA) is 81.4 Å².